The average molecular weight is 275 g/mol. The molecule has 4 nitrogen and oxygen atoms in total. The lowest BCUT2D eigenvalue weighted by Crippen LogP contribution is -2.25. The van der Waals surface area contributed by atoms with Crippen LogP contribution in [0.1, 0.15) is 35.7 Å². The fraction of sp³-hybridized carbons (Fsp3) is 0.375. The van der Waals surface area contributed by atoms with Crippen molar-refractivity contribution in [1.82, 2.24) is 4.90 Å². The highest BCUT2D eigenvalue weighted by Gasteiger charge is 2.05. The lowest BCUT2D eigenvalue weighted by molar-refractivity contribution is -0.124. The molecule has 1 amide bonds. The Bertz CT molecular complexity index is 477. The maximum absolute atomic E-state index is 11.8. The van der Waals surface area contributed by atoms with Crippen molar-refractivity contribution in [1.29, 1.82) is 0 Å². The number of ether oxygens (including phenoxy) is 1. The molecule has 0 aliphatic carbocycles. The largest absolute Gasteiger partial charge is 0.465 e. The molecule has 1 aromatic rings. The summed E-state index contributed by atoms with van der Waals surface area (Å²) in [6.07, 6.45) is 5.36. The Morgan fingerprint density at radius 3 is 2.45 bits per heavy atom. The molecule has 0 fully saturated rings. The Kier molecular flexibility index (Phi) is 6.50. The van der Waals surface area contributed by atoms with E-state index < -0.39 is 0 Å². The van der Waals surface area contributed by atoms with Gasteiger partial charge in [-0.1, -0.05) is 25.5 Å². The molecular weight excluding hydrogens is 254 g/mol. The van der Waals surface area contributed by atoms with Crippen LogP contribution in [0.3, 0.4) is 0 Å². The van der Waals surface area contributed by atoms with Gasteiger partial charge in [-0.05, 0) is 30.2 Å². The molecule has 20 heavy (non-hydrogen) atoms. The quantitative estimate of drug-likeness (QED) is 0.592. The Morgan fingerprint density at radius 2 is 1.90 bits per heavy atom. The Hall–Kier alpha value is -2.10. The molecule has 0 atom stereocenters. The minimum absolute atomic E-state index is 0.0181. The second kappa shape index (κ2) is 8.15. The van der Waals surface area contributed by atoms with Crippen molar-refractivity contribution >= 4 is 18.0 Å². The number of carbonyl (C=O) groups excluding carboxylic acids is 2. The number of unbranched alkanes of at least 4 members (excludes halogenated alkanes) is 1. The van der Waals surface area contributed by atoms with E-state index in [0.717, 1.165) is 24.9 Å². The van der Waals surface area contributed by atoms with E-state index >= 15 is 0 Å². The van der Waals surface area contributed by atoms with Gasteiger partial charge in [-0.15, -0.1) is 0 Å². The summed E-state index contributed by atoms with van der Waals surface area (Å²) in [6, 6.07) is 6.91. The highest BCUT2D eigenvalue weighted by molar-refractivity contribution is 5.92. The standard InChI is InChI=1S/C16H21NO3/c1-4-5-12-17(2)15(18)11-8-13-6-9-14(10-7-13)16(19)20-3/h6-11H,4-5,12H2,1-3H3. The molecule has 0 radical (unpaired) electrons. The topological polar surface area (TPSA) is 46.6 Å². The molecule has 0 aliphatic rings. The number of methoxy groups -OCH3 is 1. The van der Waals surface area contributed by atoms with E-state index in [0.29, 0.717) is 5.56 Å². The molecule has 0 heterocycles. The molecule has 0 N–H and O–H groups in total. The third kappa shape index (κ3) is 4.88. The third-order valence-corrected chi connectivity index (χ3v) is 2.97. The van der Waals surface area contributed by atoms with Gasteiger partial charge in [0.25, 0.3) is 0 Å². The molecule has 1 aromatic carbocycles. The zero-order chi connectivity index (χ0) is 15.0. The minimum Gasteiger partial charge on any atom is -0.465 e. The van der Waals surface area contributed by atoms with Crippen molar-refractivity contribution in [2.75, 3.05) is 20.7 Å². The zero-order valence-corrected chi connectivity index (χ0v) is 12.3. The van der Waals surface area contributed by atoms with Crippen LogP contribution in [0.5, 0.6) is 0 Å². The van der Waals surface area contributed by atoms with Crippen molar-refractivity contribution in [2.45, 2.75) is 19.8 Å². The molecule has 0 unspecified atom stereocenters. The van der Waals surface area contributed by atoms with Gasteiger partial charge in [0, 0.05) is 19.7 Å². The Balaban J connectivity index is 2.61. The highest BCUT2D eigenvalue weighted by atomic mass is 16.5. The molecular formula is C16H21NO3. The van der Waals surface area contributed by atoms with Crippen molar-refractivity contribution in [2.24, 2.45) is 0 Å². The van der Waals surface area contributed by atoms with Crippen LogP contribution in [0.4, 0.5) is 0 Å². The molecule has 4 heteroatoms. The van der Waals surface area contributed by atoms with E-state index in [-0.39, 0.29) is 11.9 Å². The maximum Gasteiger partial charge on any atom is 0.337 e. The number of benzene rings is 1. The first-order valence-corrected chi connectivity index (χ1v) is 6.70. The number of esters is 1. The van der Waals surface area contributed by atoms with E-state index in [1.54, 1.807) is 48.4 Å². The van der Waals surface area contributed by atoms with Crippen molar-refractivity contribution < 1.29 is 14.3 Å². The number of hydrogen-bond acceptors (Lipinski definition) is 3. The van der Waals surface area contributed by atoms with Gasteiger partial charge in [0.1, 0.15) is 0 Å². The van der Waals surface area contributed by atoms with Crippen LogP contribution in [-0.2, 0) is 9.53 Å². The van der Waals surface area contributed by atoms with Crippen LogP contribution < -0.4 is 0 Å². The predicted molar refractivity (Wildman–Crippen MR) is 79.4 cm³/mol. The lowest BCUT2D eigenvalue weighted by Gasteiger charge is -2.13. The summed E-state index contributed by atoms with van der Waals surface area (Å²) in [6.45, 7) is 2.86. The first kappa shape index (κ1) is 16.0. The number of hydrogen-bond donors (Lipinski definition) is 0. The van der Waals surface area contributed by atoms with Gasteiger partial charge in [-0.25, -0.2) is 4.79 Å². The predicted octanol–water partition coefficient (Wildman–Crippen LogP) is 2.74. The number of amides is 1. The van der Waals surface area contributed by atoms with Crippen LogP contribution in [0.25, 0.3) is 6.08 Å². The molecule has 0 saturated carbocycles. The van der Waals surface area contributed by atoms with Gasteiger partial charge < -0.3 is 9.64 Å². The van der Waals surface area contributed by atoms with Gasteiger partial charge in [0.05, 0.1) is 12.7 Å². The molecule has 0 aliphatic heterocycles. The van der Waals surface area contributed by atoms with Crippen LogP contribution in [0, 0.1) is 0 Å². The van der Waals surface area contributed by atoms with Crippen LogP contribution in [0.15, 0.2) is 30.3 Å². The van der Waals surface area contributed by atoms with Gasteiger partial charge in [0.2, 0.25) is 5.91 Å². The first-order valence-electron chi connectivity index (χ1n) is 6.70. The van der Waals surface area contributed by atoms with Crippen molar-refractivity contribution in [3.8, 4) is 0 Å². The SMILES string of the molecule is CCCCN(C)C(=O)C=Cc1ccc(C(=O)OC)cc1. The fourth-order valence-corrected chi connectivity index (χ4v) is 1.65. The normalized spacial score (nSPS) is 10.6. The fourth-order valence-electron chi connectivity index (χ4n) is 1.65. The summed E-state index contributed by atoms with van der Waals surface area (Å²) < 4.78 is 4.63. The van der Waals surface area contributed by atoms with Crippen molar-refractivity contribution in [3.63, 3.8) is 0 Å². The number of nitrogens with zero attached hydrogens (tertiary/aromatic N) is 1. The zero-order valence-electron chi connectivity index (χ0n) is 12.3. The van der Waals surface area contributed by atoms with E-state index in [2.05, 4.69) is 11.7 Å². The van der Waals surface area contributed by atoms with Gasteiger partial charge in [0.15, 0.2) is 0 Å². The Morgan fingerprint density at radius 1 is 1.25 bits per heavy atom. The van der Waals surface area contributed by atoms with E-state index in [4.69, 9.17) is 0 Å². The average Bonchev–Trinajstić information content (AvgIpc) is 2.49. The summed E-state index contributed by atoms with van der Waals surface area (Å²) in [5, 5.41) is 0. The second-order valence-electron chi connectivity index (χ2n) is 4.56. The highest BCUT2D eigenvalue weighted by Crippen LogP contribution is 2.07. The smallest absolute Gasteiger partial charge is 0.337 e. The van der Waals surface area contributed by atoms with E-state index in [1.165, 1.54) is 7.11 Å². The molecule has 0 aromatic heterocycles. The molecule has 0 saturated heterocycles. The number of carbonyl (C=O) groups is 2. The molecule has 108 valence electrons. The summed E-state index contributed by atoms with van der Waals surface area (Å²) in [7, 11) is 3.14. The Labute approximate surface area is 120 Å². The maximum atomic E-state index is 11.8. The van der Waals surface area contributed by atoms with Crippen molar-refractivity contribution in [3.05, 3.63) is 41.5 Å². The van der Waals surface area contributed by atoms with Crippen LogP contribution in [-0.4, -0.2) is 37.5 Å². The first-order chi connectivity index (χ1) is 9.58. The molecule has 0 spiro atoms. The minimum atomic E-state index is -0.365. The monoisotopic (exact) mass is 275 g/mol. The second-order valence-corrected chi connectivity index (χ2v) is 4.56. The number of rotatable bonds is 6. The summed E-state index contributed by atoms with van der Waals surface area (Å²) in [5.41, 5.74) is 1.37. The van der Waals surface area contributed by atoms with Crippen LogP contribution in [0.2, 0.25) is 0 Å². The summed E-state index contributed by atoms with van der Waals surface area (Å²) in [4.78, 5) is 24.8. The molecule has 1 rings (SSSR count). The van der Waals surface area contributed by atoms with Gasteiger partial charge in [-0.3, -0.25) is 4.79 Å². The van der Waals surface area contributed by atoms with Gasteiger partial charge >= 0.3 is 5.97 Å². The van der Waals surface area contributed by atoms with E-state index in [9.17, 15) is 9.59 Å². The van der Waals surface area contributed by atoms with Gasteiger partial charge in [-0.2, -0.15) is 0 Å². The lowest BCUT2D eigenvalue weighted by atomic mass is 10.1. The number of likely N-dealkylation sites (N-methyl/N-ethyl adjacent to an activating group) is 1. The molecule has 0 bridgehead atoms. The van der Waals surface area contributed by atoms with E-state index in [1.807, 2.05) is 0 Å². The summed E-state index contributed by atoms with van der Waals surface area (Å²) in [5.74, 6) is -0.383. The third-order valence-electron chi connectivity index (χ3n) is 2.97. The van der Waals surface area contributed by atoms with Crippen LogP contribution >= 0.6 is 0 Å². The summed E-state index contributed by atoms with van der Waals surface area (Å²) >= 11 is 0.